The number of nitro groups is 1. The first kappa shape index (κ1) is 12.8. The van der Waals surface area contributed by atoms with Crippen LogP contribution >= 0.6 is 11.6 Å². The fraction of sp³-hybridized carbons (Fsp3) is 0. The van der Waals surface area contributed by atoms with E-state index in [1.165, 1.54) is 36.7 Å². The van der Waals surface area contributed by atoms with E-state index in [0.717, 1.165) is 0 Å². The molecule has 0 unspecified atom stereocenters. The van der Waals surface area contributed by atoms with Gasteiger partial charge in [0.25, 0.3) is 5.69 Å². The number of non-ortho nitro benzene ring substituents is 1. The molecular weight excluding hydrogens is 270 g/mol. The van der Waals surface area contributed by atoms with Gasteiger partial charge in [0, 0.05) is 12.3 Å². The molecule has 0 fully saturated rings. The summed E-state index contributed by atoms with van der Waals surface area (Å²) < 4.78 is 5.40. The minimum atomic E-state index is -0.558. The van der Waals surface area contributed by atoms with Gasteiger partial charge in [-0.25, -0.2) is 0 Å². The molecule has 0 spiro atoms. The van der Waals surface area contributed by atoms with Crippen molar-refractivity contribution in [3.63, 3.8) is 0 Å². The highest BCUT2D eigenvalue weighted by molar-refractivity contribution is 6.32. The van der Waals surface area contributed by atoms with Crippen LogP contribution < -0.4 is 4.74 Å². The van der Waals surface area contributed by atoms with Gasteiger partial charge in [0.2, 0.25) is 0 Å². The van der Waals surface area contributed by atoms with Crippen molar-refractivity contribution < 1.29 is 9.66 Å². The van der Waals surface area contributed by atoms with E-state index in [2.05, 4.69) is 4.98 Å². The lowest BCUT2D eigenvalue weighted by molar-refractivity contribution is -0.384. The molecule has 1 aromatic carbocycles. The second-order valence-electron chi connectivity index (χ2n) is 3.46. The normalized spacial score (nSPS) is 9.68. The Labute approximate surface area is 113 Å². The Balaban J connectivity index is 2.41. The third-order valence-corrected chi connectivity index (χ3v) is 2.56. The Morgan fingerprint density at radius 2 is 2.16 bits per heavy atom. The van der Waals surface area contributed by atoms with Gasteiger partial charge < -0.3 is 4.74 Å². The first-order chi connectivity index (χ1) is 9.11. The number of nitro benzene ring substituents is 1. The van der Waals surface area contributed by atoms with Crippen LogP contribution in [0.4, 0.5) is 5.69 Å². The minimum absolute atomic E-state index is 0.0976. The molecule has 6 nitrogen and oxygen atoms in total. The maximum Gasteiger partial charge on any atom is 0.273 e. The van der Waals surface area contributed by atoms with Crippen LogP contribution in [0.15, 0.2) is 36.7 Å². The van der Waals surface area contributed by atoms with Crippen LogP contribution in [-0.4, -0.2) is 9.91 Å². The molecule has 2 rings (SSSR count). The Hall–Kier alpha value is -2.65. The molecular formula is C12H6ClN3O3. The van der Waals surface area contributed by atoms with E-state index in [9.17, 15) is 10.1 Å². The van der Waals surface area contributed by atoms with Crippen molar-refractivity contribution in [2.45, 2.75) is 0 Å². The fourth-order valence-electron chi connectivity index (χ4n) is 1.36. The zero-order valence-electron chi connectivity index (χ0n) is 9.41. The summed E-state index contributed by atoms with van der Waals surface area (Å²) in [5.41, 5.74) is 0.111. The number of nitrogens with zero attached hydrogens (tertiary/aromatic N) is 3. The van der Waals surface area contributed by atoms with Gasteiger partial charge >= 0.3 is 0 Å². The molecule has 7 heteroatoms. The van der Waals surface area contributed by atoms with Gasteiger partial charge in [-0.15, -0.1) is 0 Å². The Bertz CT molecular complexity index is 682. The molecule has 1 heterocycles. The lowest BCUT2D eigenvalue weighted by atomic mass is 10.2. The molecule has 0 N–H and O–H groups in total. The smallest absolute Gasteiger partial charge is 0.273 e. The topological polar surface area (TPSA) is 89.0 Å². The van der Waals surface area contributed by atoms with E-state index in [4.69, 9.17) is 21.6 Å². The molecule has 0 bridgehead atoms. The summed E-state index contributed by atoms with van der Waals surface area (Å²) in [6, 6.07) is 7.22. The van der Waals surface area contributed by atoms with Crippen LogP contribution in [-0.2, 0) is 0 Å². The van der Waals surface area contributed by atoms with Crippen LogP contribution in [0.2, 0.25) is 5.02 Å². The molecule has 0 amide bonds. The number of halogens is 1. The van der Waals surface area contributed by atoms with Crippen molar-refractivity contribution in [1.29, 1.82) is 5.26 Å². The standard InChI is InChI=1S/C12H6ClN3O3/c13-10-2-1-9(16(17)18)5-11(10)19-12-7-15-4-3-8(12)6-14/h1-5,7H. The molecule has 0 aliphatic heterocycles. The molecule has 0 aliphatic carbocycles. The number of hydrogen-bond acceptors (Lipinski definition) is 5. The van der Waals surface area contributed by atoms with Crippen molar-refractivity contribution in [1.82, 2.24) is 4.98 Å². The molecule has 2 aromatic rings. The summed E-state index contributed by atoms with van der Waals surface area (Å²) in [6.45, 7) is 0. The molecule has 1 aromatic heterocycles. The predicted octanol–water partition coefficient (Wildman–Crippen LogP) is 3.31. The van der Waals surface area contributed by atoms with Gasteiger partial charge in [-0.1, -0.05) is 11.6 Å². The first-order valence-electron chi connectivity index (χ1n) is 5.07. The Kier molecular flexibility index (Phi) is 3.59. The fourth-order valence-corrected chi connectivity index (χ4v) is 1.51. The monoisotopic (exact) mass is 275 g/mol. The number of rotatable bonds is 3. The predicted molar refractivity (Wildman–Crippen MR) is 67.1 cm³/mol. The third-order valence-electron chi connectivity index (χ3n) is 2.25. The van der Waals surface area contributed by atoms with E-state index in [1.54, 1.807) is 0 Å². The van der Waals surface area contributed by atoms with Gasteiger partial charge in [0.15, 0.2) is 11.5 Å². The summed E-state index contributed by atoms with van der Waals surface area (Å²) in [7, 11) is 0. The summed E-state index contributed by atoms with van der Waals surface area (Å²) >= 11 is 5.90. The summed E-state index contributed by atoms with van der Waals surface area (Å²) in [6.07, 6.45) is 2.79. The first-order valence-corrected chi connectivity index (χ1v) is 5.45. The third kappa shape index (κ3) is 2.78. The van der Waals surface area contributed by atoms with E-state index in [1.807, 2.05) is 6.07 Å². The van der Waals surface area contributed by atoms with Gasteiger partial charge in [-0.2, -0.15) is 5.26 Å². The highest BCUT2D eigenvalue weighted by Crippen LogP contribution is 2.33. The van der Waals surface area contributed by atoms with Gasteiger partial charge in [0.05, 0.1) is 27.8 Å². The molecule has 0 aliphatic rings. The lowest BCUT2D eigenvalue weighted by Crippen LogP contribution is -1.92. The number of nitriles is 1. The molecule has 0 saturated heterocycles. The SMILES string of the molecule is N#Cc1ccncc1Oc1cc([N+](=O)[O-])ccc1Cl. The summed E-state index contributed by atoms with van der Waals surface area (Å²) in [4.78, 5) is 13.9. The maximum absolute atomic E-state index is 10.7. The minimum Gasteiger partial charge on any atom is -0.453 e. The van der Waals surface area contributed by atoms with Crippen LogP contribution in [0.5, 0.6) is 11.5 Å². The quantitative estimate of drug-likeness (QED) is 0.633. The number of pyridine rings is 1. The maximum atomic E-state index is 10.7. The number of ether oxygens (including phenoxy) is 1. The van der Waals surface area contributed by atoms with Crippen LogP contribution in [0.1, 0.15) is 5.56 Å². The van der Waals surface area contributed by atoms with Crippen LogP contribution in [0, 0.1) is 21.4 Å². The average Bonchev–Trinajstić information content (AvgIpc) is 2.41. The second-order valence-corrected chi connectivity index (χ2v) is 3.86. The summed E-state index contributed by atoms with van der Waals surface area (Å²) in [5.74, 6) is 0.285. The van der Waals surface area contributed by atoms with E-state index < -0.39 is 4.92 Å². The van der Waals surface area contributed by atoms with Crippen molar-refractivity contribution >= 4 is 17.3 Å². The molecule has 0 radical (unpaired) electrons. The Morgan fingerprint density at radius 1 is 1.37 bits per heavy atom. The zero-order valence-corrected chi connectivity index (χ0v) is 10.2. The largest absolute Gasteiger partial charge is 0.453 e. The van der Waals surface area contributed by atoms with Crippen LogP contribution in [0.25, 0.3) is 0 Å². The van der Waals surface area contributed by atoms with Crippen molar-refractivity contribution in [3.05, 3.63) is 57.4 Å². The number of benzene rings is 1. The van der Waals surface area contributed by atoms with Crippen molar-refractivity contribution in [2.24, 2.45) is 0 Å². The van der Waals surface area contributed by atoms with E-state index in [-0.39, 0.29) is 27.8 Å². The highest BCUT2D eigenvalue weighted by Gasteiger charge is 2.13. The molecule has 94 valence electrons. The van der Waals surface area contributed by atoms with Crippen molar-refractivity contribution in [2.75, 3.05) is 0 Å². The molecule has 19 heavy (non-hydrogen) atoms. The zero-order chi connectivity index (χ0) is 13.8. The van der Waals surface area contributed by atoms with Crippen LogP contribution in [0.3, 0.4) is 0 Å². The Morgan fingerprint density at radius 3 is 2.84 bits per heavy atom. The molecule has 0 atom stereocenters. The number of aromatic nitrogens is 1. The summed E-state index contributed by atoms with van der Waals surface area (Å²) in [5, 5.41) is 19.8. The van der Waals surface area contributed by atoms with Gasteiger partial charge in [-0.3, -0.25) is 15.1 Å². The average molecular weight is 276 g/mol. The van der Waals surface area contributed by atoms with Crippen molar-refractivity contribution in [3.8, 4) is 17.6 Å². The second kappa shape index (κ2) is 5.33. The lowest BCUT2D eigenvalue weighted by Gasteiger charge is -2.07. The van der Waals surface area contributed by atoms with Gasteiger partial charge in [0.1, 0.15) is 6.07 Å². The highest BCUT2D eigenvalue weighted by atomic mass is 35.5. The number of hydrogen-bond donors (Lipinski definition) is 0. The molecule has 0 saturated carbocycles. The van der Waals surface area contributed by atoms with E-state index in [0.29, 0.717) is 0 Å². The van der Waals surface area contributed by atoms with Gasteiger partial charge in [-0.05, 0) is 12.1 Å². The van der Waals surface area contributed by atoms with E-state index >= 15 is 0 Å².